The van der Waals surface area contributed by atoms with Crippen molar-refractivity contribution in [3.05, 3.63) is 51.8 Å². The lowest BCUT2D eigenvalue weighted by atomic mass is 10.1. The normalized spacial score (nSPS) is 10.9. The molecule has 0 bridgehead atoms. The van der Waals surface area contributed by atoms with Gasteiger partial charge in [0, 0.05) is 10.7 Å². The first-order chi connectivity index (χ1) is 9.13. The highest BCUT2D eigenvalue weighted by molar-refractivity contribution is 6.31. The standard InChI is InChI=1S/C15H20ClN3/c1-11-14(8-9-17-3)12(2)19(18-11)10-13-6-4-5-7-15(13)16/h4-7,17H,8-10H2,1-3H3. The smallest absolute Gasteiger partial charge is 0.0677 e. The molecule has 0 fully saturated rings. The van der Waals surface area contributed by atoms with Gasteiger partial charge in [-0.25, -0.2) is 0 Å². The Hall–Kier alpha value is -1.32. The lowest BCUT2D eigenvalue weighted by molar-refractivity contribution is 0.657. The average molecular weight is 278 g/mol. The monoisotopic (exact) mass is 277 g/mol. The predicted molar refractivity (Wildman–Crippen MR) is 79.9 cm³/mol. The lowest BCUT2D eigenvalue weighted by Crippen LogP contribution is -2.11. The van der Waals surface area contributed by atoms with Gasteiger partial charge < -0.3 is 5.32 Å². The number of hydrogen-bond donors (Lipinski definition) is 1. The van der Waals surface area contributed by atoms with E-state index in [0.717, 1.165) is 35.8 Å². The third kappa shape index (κ3) is 3.17. The summed E-state index contributed by atoms with van der Waals surface area (Å²) in [7, 11) is 1.97. The molecule has 0 aliphatic rings. The van der Waals surface area contributed by atoms with Gasteiger partial charge in [0.25, 0.3) is 0 Å². The van der Waals surface area contributed by atoms with Gasteiger partial charge >= 0.3 is 0 Å². The molecule has 1 N–H and O–H groups in total. The Labute approximate surface area is 119 Å². The van der Waals surface area contributed by atoms with Crippen molar-refractivity contribution < 1.29 is 0 Å². The van der Waals surface area contributed by atoms with Crippen LogP contribution in [-0.2, 0) is 13.0 Å². The third-order valence-corrected chi connectivity index (χ3v) is 3.80. The Balaban J connectivity index is 2.24. The van der Waals surface area contributed by atoms with Gasteiger partial charge in [0.2, 0.25) is 0 Å². The molecule has 1 aromatic heterocycles. The molecular formula is C15H20ClN3. The number of aryl methyl sites for hydroxylation is 1. The second-order valence-electron chi connectivity index (χ2n) is 4.75. The molecule has 0 saturated heterocycles. The Morgan fingerprint density at radius 1 is 1.26 bits per heavy atom. The fourth-order valence-electron chi connectivity index (χ4n) is 2.29. The lowest BCUT2D eigenvalue weighted by Gasteiger charge is -2.07. The van der Waals surface area contributed by atoms with E-state index in [9.17, 15) is 0 Å². The molecule has 0 aliphatic heterocycles. The van der Waals surface area contributed by atoms with E-state index in [1.807, 2.05) is 36.0 Å². The Morgan fingerprint density at radius 3 is 2.68 bits per heavy atom. The van der Waals surface area contributed by atoms with Crippen LogP contribution < -0.4 is 5.32 Å². The van der Waals surface area contributed by atoms with E-state index < -0.39 is 0 Å². The minimum Gasteiger partial charge on any atom is -0.319 e. The van der Waals surface area contributed by atoms with Crippen LogP contribution in [0.1, 0.15) is 22.5 Å². The van der Waals surface area contributed by atoms with Crippen LogP contribution in [0.25, 0.3) is 0 Å². The summed E-state index contributed by atoms with van der Waals surface area (Å²) >= 11 is 6.21. The maximum absolute atomic E-state index is 6.21. The topological polar surface area (TPSA) is 29.9 Å². The molecule has 0 atom stereocenters. The number of halogens is 1. The summed E-state index contributed by atoms with van der Waals surface area (Å²) < 4.78 is 2.04. The van der Waals surface area contributed by atoms with E-state index in [1.54, 1.807) is 0 Å². The van der Waals surface area contributed by atoms with E-state index in [2.05, 4.69) is 24.3 Å². The summed E-state index contributed by atoms with van der Waals surface area (Å²) in [5.41, 5.74) is 4.78. The molecule has 2 rings (SSSR count). The van der Waals surface area contributed by atoms with Crippen LogP contribution in [0, 0.1) is 13.8 Å². The van der Waals surface area contributed by atoms with E-state index >= 15 is 0 Å². The number of nitrogens with one attached hydrogen (secondary N) is 1. The van der Waals surface area contributed by atoms with Crippen molar-refractivity contribution in [1.82, 2.24) is 15.1 Å². The van der Waals surface area contributed by atoms with Crippen LogP contribution in [0.2, 0.25) is 5.02 Å². The van der Waals surface area contributed by atoms with Crippen molar-refractivity contribution >= 4 is 11.6 Å². The highest BCUT2D eigenvalue weighted by Gasteiger charge is 2.11. The molecule has 0 radical (unpaired) electrons. The molecule has 0 saturated carbocycles. The minimum absolute atomic E-state index is 0.728. The molecule has 19 heavy (non-hydrogen) atoms. The summed E-state index contributed by atoms with van der Waals surface area (Å²) in [6.45, 7) is 5.90. The second-order valence-corrected chi connectivity index (χ2v) is 5.16. The fraction of sp³-hybridized carbons (Fsp3) is 0.400. The first-order valence-electron chi connectivity index (χ1n) is 6.54. The van der Waals surface area contributed by atoms with E-state index in [0.29, 0.717) is 0 Å². The molecule has 1 aromatic carbocycles. The second kappa shape index (κ2) is 6.22. The molecule has 3 nitrogen and oxygen atoms in total. The summed E-state index contributed by atoms with van der Waals surface area (Å²) in [5, 5.41) is 8.61. The predicted octanol–water partition coefficient (Wildman–Crippen LogP) is 2.96. The first-order valence-corrected chi connectivity index (χ1v) is 6.92. The number of aromatic nitrogens is 2. The molecule has 0 amide bonds. The Morgan fingerprint density at radius 2 is 2.00 bits per heavy atom. The molecule has 2 aromatic rings. The summed E-state index contributed by atoms with van der Waals surface area (Å²) in [6.07, 6.45) is 1.01. The van der Waals surface area contributed by atoms with Crippen LogP contribution >= 0.6 is 11.6 Å². The van der Waals surface area contributed by atoms with Crippen molar-refractivity contribution in [2.45, 2.75) is 26.8 Å². The molecule has 4 heteroatoms. The minimum atomic E-state index is 0.728. The highest BCUT2D eigenvalue weighted by atomic mass is 35.5. The highest BCUT2D eigenvalue weighted by Crippen LogP contribution is 2.19. The summed E-state index contributed by atoms with van der Waals surface area (Å²) in [4.78, 5) is 0. The van der Waals surface area contributed by atoms with Gasteiger partial charge in [0.1, 0.15) is 0 Å². The van der Waals surface area contributed by atoms with Gasteiger partial charge in [-0.2, -0.15) is 5.10 Å². The fourth-order valence-corrected chi connectivity index (χ4v) is 2.48. The van der Waals surface area contributed by atoms with Gasteiger partial charge in [-0.3, -0.25) is 4.68 Å². The van der Waals surface area contributed by atoms with Gasteiger partial charge in [-0.05, 0) is 51.1 Å². The Bertz CT molecular complexity index is 561. The number of nitrogens with zero attached hydrogens (tertiary/aromatic N) is 2. The molecule has 102 valence electrons. The molecule has 1 heterocycles. The van der Waals surface area contributed by atoms with Gasteiger partial charge in [0.15, 0.2) is 0 Å². The molecule has 0 aliphatic carbocycles. The first kappa shape index (κ1) is 14.1. The van der Waals surface area contributed by atoms with E-state index in [4.69, 9.17) is 11.6 Å². The van der Waals surface area contributed by atoms with Crippen molar-refractivity contribution in [2.24, 2.45) is 0 Å². The van der Waals surface area contributed by atoms with Crippen LogP contribution in [0.15, 0.2) is 24.3 Å². The maximum atomic E-state index is 6.21. The number of rotatable bonds is 5. The molecule has 0 unspecified atom stereocenters. The summed E-state index contributed by atoms with van der Waals surface area (Å²) in [5.74, 6) is 0. The van der Waals surface area contributed by atoms with E-state index in [-0.39, 0.29) is 0 Å². The zero-order valence-corrected chi connectivity index (χ0v) is 12.5. The van der Waals surface area contributed by atoms with Gasteiger partial charge in [0.05, 0.1) is 12.2 Å². The molecule has 0 spiro atoms. The van der Waals surface area contributed by atoms with Crippen LogP contribution in [-0.4, -0.2) is 23.4 Å². The Kier molecular flexibility index (Phi) is 4.61. The van der Waals surface area contributed by atoms with Crippen molar-refractivity contribution in [3.63, 3.8) is 0 Å². The maximum Gasteiger partial charge on any atom is 0.0677 e. The van der Waals surface area contributed by atoms with Crippen molar-refractivity contribution in [3.8, 4) is 0 Å². The largest absolute Gasteiger partial charge is 0.319 e. The quantitative estimate of drug-likeness (QED) is 0.911. The number of benzene rings is 1. The van der Waals surface area contributed by atoms with Crippen LogP contribution in [0.4, 0.5) is 0 Å². The average Bonchev–Trinajstić information content (AvgIpc) is 2.65. The van der Waals surface area contributed by atoms with E-state index in [1.165, 1.54) is 11.3 Å². The SMILES string of the molecule is CNCCc1c(C)nn(Cc2ccccc2Cl)c1C. The molecular weight excluding hydrogens is 258 g/mol. The summed E-state index contributed by atoms with van der Waals surface area (Å²) in [6, 6.07) is 7.93. The van der Waals surface area contributed by atoms with Crippen LogP contribution in [0.3, 0.4) is 0 Å². The van der Waals surface area contributed by atoms with Crippen LogP contribution in [0.5, 0.6) is 0 Å². The number of likely N-dealkylation sites (N-methyl/N-ethyl adjacent to an activating group) is 1. The number of hydrogen-bond acceptors (Lipinski definition) is 2. The zero-order chi connectivity index (χ0) is 13.8. The van der Waals surface area contributed by atoms with Gasteiger partial charge in [-0.1, -0.05) is 29.8 Å². The zero-order valence-electron chi connectivity index (χ0n) is 11.7. The third-order valence-electron chi connectivity index (χ3n) is 3.43. The van der Waals surface area contributed by atoms with Crippen molar-refractivity contribution in [1.29, 1.82) is 0 Å². The van der Waals surface area contributed by atoms with Crippen molar-refractivity contribution in [2.75, 3.05) is 13.6 Å². The van der Waals surface area contributed by atoms with Gasteiger partial charge in [-0.15, -0.1) is 0 Å².